The summed E-state index contributed by atoms with van der Waals surface area (Å²) in [5.41, 5.74) is 4.52. The van der Waals surface area contributed by atoms with Crippen molar-refractivity contribution in [3.05, 3.63) is 89.7 Å². The number of likely N-dealkylation sites (tertiary alicyclic amines) is 1. The van der Waals surface area contributed by atoms with Crippen molar-refractivity contribution in [2.24, 2.45) is 5.92 Å². The van der Waals surface area contributed by atoms with E-state index in [9.17, 15) is 4.79 Å². The van der Waals surface area contributed by atoms with E-state index >= 15 is 0 Å². The molecule has 0 saturated carbocycles. The van der Waals surface area contributed by atoms with Crippen molar-refractivity contribution in [3.8, 4) is 5.75 Å². The van der Waals surface area contributed by atoms with Crippen LogP contribution in [0.4, 0.5) is 5.69 Å². The lowest BCUT2D eigenvalue weighted by atomic mass is 9.98. The fourth-order valence-electron chi connectivity index (χ4n) is 6.22. The second kappa shape index (κ2) is 14.1. The van der Waals surface area contributed by atoms with E-state index in [1.165, 1.54) is 11.1 Å². The van der Waals surface area contributed by atoms with Crippen LogP contribution in [0.5, 0.6) is 5.75 Å². The van der Waals surface area contributed by atoms with Crippen LogP contribution in [0.25, 0.3) is 0 Å². The Balaban J connectivity index is 0.928. The Bertz CT molecular complexity index is 1260. The van der Waals surface area contributed by atoms with Gasteiger partial charge in [-0.3, -0.25) is 19.6 Å². The highest BCUT2D eigenvalue weighted by molar-refractivity contribution is 5.94. The lowest BCUT2D eigenvalue weighted by Gasteiger charge is -2.34. The largest absolute Gasteiger partial charge is 0.493 e. The molecule has 1 atom stereocenters. The zero-order valence-electron chi connectivity index (χ0n) is 24.6. The van der Waals surface area contributed by atoms with Gasteiger partial charge in [0.25, 0.3) is 5.91 Å². The van der Waals surface area contributed by atoms with E-state index in [1.807, 2.05) is 35.5 Å². The number of nitrogens with zero attached hydrogens (tertiary/aromatic N) is 5. The van der Waals surface area contributed by atoms with Gasteiger partial charge in [0.05, 0.1) is 19.8 Å². The topological polar surface area (TPSA) is 61.4 Å². The predicted octanol–water partition coefficient (Wildman–Crippen LogP) is 4.17. The molecule has 0 aliphatic carbocycles. The molecule has 3 saturated heterocycles. The summed E-state index contributed by atoms with van der Waals surface area (Å²) >= 11 is 0. The number of piperazine rings is 1. The van der Waals surface area contributed by atoms with Crippen molar-refractivity contribution in [1.82, 2.24) is 19.7 Å². The first-order valence-electron chi connectivity index (χ1n) is 15.5. The number of hydrogen-bond donors (Lipinski definition) is 0. The maximum absolute atomic E-state index is 13.3. The molecule has 42 heavy (non-hydrogen) atoms. The monoisotopic (exact) mass is 569 g/mol. The molecular formula is C34H43N5O3. The molecule has 1 amide bonds. The molecular weight excluding hydrogens is 526 g/mol. The van der Waals surface area contributed by atoms with Gasteiger partial charge in [0.2, 0.25) is 0 Å². The minimum atomic E-state index is 0.121. The Morgan fingerprint density at radius 2 is 1.55 bits per heavy atom. The Morgan fingerprint density at radius 3 is 2.24 bits per heavy atom. The van der Waals surface area contributed by atoms with Crippen molar-refractivity contribution in [2.45, 2.75) is 25.9 Å². The average molecular weight is 570 g/mol. The molecule has 1 unspecified atom stereocenters. The van der Waals surface area contributed by atoms with Gasteiger partial charge in [0, 0.05) is 95.0 Å². The molecule has 8 heteroatoms. The maximum atomic E-state index is 13.3. The van der Waals surface area contributed by atoms with Gasteiger partial charge in [-0.05, 0) is 66.4 Å². The number of amides is 1. The first-order chi connectivity index (χ1) is 20.7. The Labute approximate surface area is 249 Å². The molecule has 3 aliphatic heterocycles. The van der Waals surface area contributed by atoms with Gasteiger partial charge < -0.3 is 19.3 Å². The third kappa shape index (κ3) is 7.68. The fraction of sp³-hybridized carbons (Fsp3) is 0.471. The minimum Gasteiger partial charge on any atom is -0.493 e. The summed E-state index contributed by atoms with van der Waals surface area (Å²) in [5.74, 6) is 1.37. The van der Waals surface area contributed by atoms with Crippen LogP contribution in [0.2, 0.25) is 0 Å². The van der Waals surface area contributed by atoms with Gasteiger partial charge in [0.15, 0.2) is 0 Å². The van der Waals surface area contributed by atoms with Crippen molar-refractivity contribution >= 4 is 11.6 Å². The van der Waals surface area contributed by atoms with Crippen molar-refractivity contribution in [3.63, 3.8) is 0 Å². The molecule has 222 valence electrons. The van der Waals surface area contributed by atoms with E-state index in [-0.39, 0.29) is 5.91 Å². The molecule has 0 N–H and O–H groups in total. The van der Waals surface area contributed by atoms with E-state index in [4.69, 9.17) is 9.47 Å². The first-order valence-corrected chi connectivity index (χ1v) is 15.5. The number of piperidine rings is 1. The van der Waals surface area contributed by atoms with Crippen molar-refractivity contribution < 1.29 is 14.3 Å². The number of morpholine rings is 1. The number of pyridine rings is 1. The zero-order valence-corrected chi connectivity index (χ0v) is 24.6. The van der Waals surface area contributed by atoms with Gasteiger partial charge in [-0.15, -0.1) is 0 Å². The van der Waals surface area contributed by atoms with Gasteiger partial charge in [-0.1, -0.05) is 18.2 Å². The van der Waals surface area contributed by atoms with Crippen LogP contribution in [-0.2, 0) is 17.8 Å². The molecule has 6 rings (SSSR count). The average Bonchev–Trinajstić information content (AvgIpc) is 3.06. The molecule has 0 radical (unpaired) electrons. The van der Waals surface area contributed by atoms with Crippen LogP contribution >= 0.6 is 0 Å². The molecule has 3 aliphatic rings. The fourth-order valence-corrected chi connectivity index (χ4v) is 6.22. The van der Waals surface area contributed by atoms with E-state index in [1.54, 1.807) is 0 Å². The summed E-state index contributed by atoms with van der Waals surface area (Å²) in [6, 6.07) is 20.8. The molecule has 0 spiro atoms. The zero-order chi connectivity index (χ0) is 28.6. The smallest absolute Gasteiger partial charge is 0.253 e. The third-order valence-corrected chi connectivity index (χ3v) is 8.71. The van der Waals surface area contributed by atoms with Crippen LogP contribution in [0.1, 0.15) is 34.3 Å². The normalized spacial score (nSPS) is 20.4. The number of ether oxygens (including phenoxy) is 2. The number of carbonyl (C=O) groups excluding carboxylic acids is 1. The van der Waals surface area contributed by atoms with Gasteiger partial charge in [-0.25, -0.2) is 0 Å². The third-order valence-electron chi connectivity index (χ3n) is 8.71. The second-order valence-corrected chi connectivity index (χ2v) is 11.8. The van der Waals surface area contributed by atoms with Crippen LogP contribution in [-0.4, -0.2) is 97.8 Å². The predicted molar refractivity (Wildman–Crippen MR) is 165 cm³/mol. The van der Waals surface area contributed by atoms with Crippen molar-refractivity contribution in [2.75, 3.05) is 77.1 Å². The Kier molecular flexibility index (Phi) is 9.64. The molecule has 4 heterocycles. The lowest BCUT2D eigenvalue weighted by Crippen LogP contribution is -2.45. The van der Waals surface area contributed by atoms with E-state index < -0.39 is 0 Å². The molecule has 1 aromatic heterocycles. The van der Waals surface area contributed by atoms with Gasteiger partial charge >= 0.3 is 0 Å². The molecule has 2 aromatic carbocycles. The summed E-state index contributed by atoms with van der Waals surface area (Å²) in [6.07, 6.45) is 5.90. The summed E-state index contributed by atoms with van der Waals surface area (Å²) in [7, 11) is 0. The maximum Gasteiger partial charge on any atom is 0.253 e. The quantitative estimate of drug-likeness (QED) is 0.384. The number of carbonyl (C=O) groups is 1. The van der Waals surface area contributed by atoms with Crippen molar-refractivity contribution in [1.29, 1.82) is 0 Å². The highest BCUT2D eigenvalue weighted by Crippen LogP contribution is 2.23. The van der Waals surface area contributed by atoms with Gasteiger partial charge in [-0.2, -0.15) is 0 Å². The number of aromatic nitrogens is 1. The standard InChI is InChI=1S/C34H43N5O3/c40-34(31-7-9-32(10-8-31)38-19-21-41-22-20-38)39-14-2-4-30(26-39)27-42-33-11-5-28(6-12-33)24-36-15-17-37(18-16-36)25-29-3-1-13-35-23-29/h1,3,5-13,23,30H,2,4,14-22,24-27H2. The number of rotatable bonds is 9. The Hall–Kier alpha value is -3.46. The van der Waals surface area contributed by atoms with Crippen LogP contribution in [0.15, 0.2) is 73.1 Å². The highest BCUT2D eigenvalue weighted by Gasteiger charge is 2.25. The summed E-state index contributed by atoms with van der Waals surface area (Å²) in [4.78, 5) is 26.8. The number of anilines is 1. The molecule has 3 fully saturated rings. The van der Waals surface area contributed by atoms with Crippen LogP contribution in [0, 0.1) is 5.92 Å². The molecule has 8 nitrogen and oxygen atoms in total. The SMILES string of the molecule is O=C(c1ccc(N2CCOCC2)cc1)N1CCCC(COc2ccc(CN3CCN(Cc4cccnc4)CC3)cc2)C1. The Morgan fingerprint density at radius 1 is 0.833 bits per heavy atom. The minimum absolute atomic E-state index is 0.121. The molecule has 3 aromatic rings. The number of hydrogen-bond acceptors (Lipinski definition) is 7. The van der Waals surface area contributed by atoms with Crippen LogP contribution < -0.4 is 9.64 Å². The van der Waals surface area contributed by atoms with Gasteiger partial charge in [0.1, 0.15) is 5.75 Å². The highest BCUT2D eigenvalue weighted by atomic mass is 16.5. The number of benzene rings is 2. The van der Waals surface area contributed by atoms with E-state index in [0.29, 0.717) is 12.5 Å². The summed E-state index contributed by atoms with van der Waals surface area (Å²) in [5, 5.41) is 0. The summed E-state index contributed by atoms with van der Waals surface area (Å²) < 4.78 is 11.7. The first kappa shape index (κ1) is 28.6. The van der Waals surface area contributed by atoms with E-state index in [2.05, 4.69) is 62.1 Å². The van der Waals surface area contributed by atoms with Crippen LogP contribution in [0.3, 0.4) is 0 Å². The lowest BCUT2D eigenvalue weighted by molar-refractivity contribution is 0.0633. The second-order valence-electron chi connectivity index (χ2n) is 11.8. The summed E-state index contributed by atoms with van der Waals surface area (Å²) in [6.45, 7) is 11.8. The van der Waals surface area contributed by atoms with E-state index in [0.717, 1.165) is 109 Å². The molecule has 0 bridgehead atoms.